The maximum atomic E-state index is 9.36. The molecule has 5 nitrogen and oxygen atoms in total. The fraction of sp³-hybridized carbons (Fsp3) is 0.615. The third kappa shape index (κ3) is 2.96. The smallest absolute Gasteiger partial charge is 0.224 e. The first kappa shape index (κ1) is 12.8. The molecule has 0 bridgehead atoms. The molecule has 96 valence electrons. The van der Waals surface area contributed by atoms with E-state index in [9.17, 15) is 5.11 Å². The quantitative estimate of drug-likeness (QED) is 0.847. The van der Waals surface area contributed by atoms with Gasteiger partial charge in [-0.1, -0.05) is 12.8 Å². The number of aromatic nitrogens is 2. The van der Waals surface area contributed by atoms with Crippen LogP contribution in [0.3, 0.4) is 0 Å². The van der Waals surface area contributed by atoms with Crippen molar-refractivity contribution in [2.24, 2.45) is 5.92 Å². The highest BCUT2D eigenvalue weighted by atomic mass is 16.3. The van der Waals surface area contributed by atoms with Gasteiger partial charge < -0.3 is 10.4 Å². The molecule has 0 aromatic carbocycles. The van der Waals surface area contributed by atoms with E-state index in [1.165, 1.54) is 6.42 Å². The molecule has 2 rings (SSSR count). The number of hydrogen-bond acceptors (Lipinski definition) is 5. The van der Waals surface area contributed by atoms with Gasteiger partial charge in [-0.05, 0) is 25.8 Å². The first-order valence-electron chi connectivity index (χ1n) is 6.36. The number of rotatable bonds is 3. The molecule has 2 N–H and O–H groups in total. The molecule has 1 aromatic heterocycles. The van der Waals surface area contributed by atoms with Gasteiger partial charge in [0.15, 0.2) is 0 Å². The molecule has 0 amide bonds. The predicted molar refractivity (Wildman–Crippen MR) is 67.9 cm³/mol. The fourth-order valence-corrected chi connectivity index (χ4v) is 2.47. The Morgan fingerprint density at radius 3 is 2.94 bits per heavy atom. The first-order chi connectivity index (χ1) is 8.72. The Hall–Kier alpha value is -1.67. The van der Waals surface area contributed by atoms with Crippen LogP contribution in [0.4, 0.5) is 5.95 Å². The number of hydrogen-bond donors (Lipinski definition) is 2. The van der Waals surface area contributed by atoms with Crippen molar-refractivity contribution in [3.63, 3.8) is 0 Å². The van der Waals surface area contributed by atoms with Gasteiger partial charge in [-0.2, -0.15) is 5.26 Å². The van der Waals surface area contributed by atoms with Gasteiger partial charge in [-0.25, -0.2) is 9.97 Å². The summed E-state index contributed by atoms with van der Waals surface area (Å²) in [6.07, 6.45) is 4.38. The molecule has 1 heterocycles. The van der Waals surface area contributed by atoms with Crippen LogP contribution >= 0.6 is 0 Å². The van der Waals surface area contributed by atoms with Gasteiger partial charge >= 0.3 is 0 Å². The number of aryl methyl sites for hydroxylation is 1. The highest BCUT2D eigenvalue weighted by molar-refractivity contribution is 5.34. The van der Waals surface area contributed by atoms with Crippen LogP contribution in [0.5, 0.6) is 0 Å². The van der Waals surface area contributed by atoms with E-state index in [2.05, 4.69) is 15.3 Å². The second kappa shape index (κ2) is 5.78. The third-order valence-electron chi connectivity index (χ3n) is 3.43. The average molecular weight is 246 g/mol. The van der Waals surface area contributed by atoms with Gasteiger partial charge in [-0.3, -0.25) is 0 Å². The van der Waals surface area contributed by atoms with Crippen LogP contribution in [0.2, 0.25) is 0 Å². The van der Waals surface area contributed by atoms with Gasteiger partial charge in [0.25, 0.3) is 0 Å². The van der Waals surface area contributed by atoms with Crippen LogP contribution in [0.1, 0.15) is 37.1 Å². The highest BCUT2D eigenvalue weighted by Crippen LogP contribution is 2.26. The zero-order chi connectivity index (χ0) is 13.0. The van der Waals surface area contributed by atoms with Crippen molar-refractivity contribution in [2.75, 3.05) is 11.9 Å². The Labute approximate surface area is 107 Å². The summed E-state index contributed by atoms with van der Waals surface area (Å²) < 4.78 is 0. The first-order valence-corrected chi connectivity index (χ1v) is 6.36. The zero-order valence-corrected chi connectivity index (χ0v) is 10.6. The van der Waals surface area contributed by atoms with E-state index < -0.39 is 0 Å². The monoisotopic (exact) mass is 246 g/mol. The van der Waals surface area contributed by atoms with Crippen molar-refractivity contribution in [1.82, 2.24) is 9.97 Å². The molecule has 2 unspecified atom stereocenters. The number of anilines is 1. The van der Waals surface area contributed by atoms with Crippen LogP contribution in [-0.4, -0.2) is 27.7 Å². The number of aliphatic hydroxyl groups is 1. The molecule has 0 aliphatic heterocycles. The van der Waals surface area contributed by atoms with Gasteiger partial charge in [0.1, 0.15) is 11.8 Å². The highest BCUT2D eigenvalue weighted by Gasteiger charge is 2.25. The van der Waals surface area contributed by atoms with Crippen LogP contribution in [0, 0.1) is 24.2 Å². The maximum absolute atomic E-state index is 9.36. The third-order valence-corrected chi connectivity index (χ3v) is 3.43. The normalized spacial score (nSPS) is 23.4. The summed E-state index contributed by atoms with van der Waals surface area (Å²) in [6.45, 7) is 2.03. The molecule has 18 heavy (non-hydrogen) atoms. The molecular weight excluding hydrogens is 228 g/mol. The Morgan fingerprint density at radius 1 is 1.44 bits per heavy atom. The SMILES string of the molecule is Cc1cc(C#N)nc(NC2CCCCC2CO)n1. The van der Waals surface area contributed by atoms with Crippen molar-refractivity contribution >= 4 is 5.95 Å². The molecule has 0 saturated heterocycles. The minimum absolute atomic E-state index is 0.189. The second-order valence-corrected chi connectivity index (χ2v) is 4.81. The summed E-state index contributed by atoms with van der Waals surface area (Å²) in [5, 5.41) is 21.5. The van der Waals surface area contributed by atoms with E-state index in [1.807, 2.05) is 13.0 Å². The summed E-state index contributed by atoms with van der Waals surface area (Å²) in [6, 6.07) is 3.90. The Morgan fingerprint density at radius 2 is 2.22 bits per heavy atom. The summed E-state index contributed by atoms with van der Waals surface area (Å²) in [5.74, 6) is 0.755. The van der Waals surface area contributed by atoms with E-state index in [0.717, 1.165) is 25.0 Å². The second-order valence-electron chi connectivity index (χ2n) is 4.81. The van der Waals surface area contributed by atoms with Gasteiger partial charge in [0.2, 0.25) is 5.95 Å². The van der Waals surface area contributed by atoms with E-state index in [1.54, 1.807) is 6.07 Å². The van der Waals surface area contributed by atoms with Crippen molar-refractivity contribution in [3.8, 4) is 6.07 Å². The molecule has 0 radical (unpaired) electrons. The lowest BCUT2D eigenvalue weighted by Gasteiger charge is -2.30. The summed E-state index contributed by atoms with van der Waals surface area (Å²) in [5.41, 5.74) is 1.15. The topological polar surface area (TPSA) is 81.8 Å². The lowest BCUT2D eigenvalue weighted by atomic mass is 9.85. The number of nitriles is 1. The molecule has 1 fully saturated rings. The molecule has 2 atom stereocenters. The zero-order valence-electron chi connectivity index (χ0n) is 10.6. The van der Waals surface area contributed by atoms with Crippen LogP contribution < -0.4 is 5.32 Å². The van der Waals surface area contributed by atoms with E-state index >= 15 is 0 Å². The minimum atomic E-state index is 0.189. The Kier molecular flexibility index (Phi) is 4.11. The number of nitrogens with one attached hydrogen (secondary N) is 1. The summed E-state index contributed by atoms with van der Waals surface area (Å²) >= 11 is 0. The lowest BCUT2D eigenvalue weighted by Crippen LogP contribution is -2.35. The number of aliphatic hydroxyl groups excluding tert-OH is 1. The minimum Gasteiger partial charge on any atom is -0.396 e. The van der Waals surface area contributed by atoms with Crippen molar-refractivity contribution in [1.29, 1.82) is 5.26 Å². The van der Waals surface area contributed by atoms with Crippen molar-refractivity contribution in [3.05, 3.63) is 17.5 Å². The van der Waals surface area contributed by atoms with Crippen LogP contribution in [-0.2, 0) is 0 Å². The largest absolute Gasteiger partial charge is 0.396 e. The molecule has 1 aliphatic rings. The average Bonchev–Trinajstić information content (AvgIpc) is 2.38. The predicted octanol–water partition coefficient (Wildman–Crippen LogP) is 1.62. The Bertz CT molecular complexity index is 455. The van der Waals surface area contributed by atoms with Gasteiger partial charge in [0.05, 0.1) is 0 Å². The standard InChI is InChI=1S/C13H18N4O/c1-9-6-11(7-14)16-13(15-9)17-12-5-3-2-4-10(12)8-18/h6,10,12,18H,2-5,8H2,1H3,(H,15,16,17). The number of nitrogens with zero attached hydrogens (tertiary/aromatic N) is 3. The molecule has 5 heteroatoms. The van der Waals surface area contributed by atoms with E-state index in [0.29, 0.717) is 11.6 Å². The van der Waals surface area contributed by atoms with Crippen LogP contribution in [0.15, 0.2) is 6.07 Å². The molecule has 1 aromatic rings. The van der Waals surface area contributed by atoms with E-state index in [4.69, 9.17) is 5.26 Å². The maximum Gasteiger partial charge on any atom is 0.224 e. The summed E-state index contributed by atoms with van der Waals surface area (Å²) in [4.78, 5) is 8.44. The van der Waals surface area contributed by atoms with Gasteiger partial charge in [-0.15, -0.1) is 0 Å². The molecule has 1 aliphatic carbocycles. The molecular formula is C13H18N4O. The summed E-state index contributed by atoms with van der Waals surface area (Å²) in [7, 11) is 0. The Balaban J connectivity index is 2.12. The molecule has 1 saturated carbocycles. The van der Waals surface area contributed by atoms with Crippen molar-refractivity contribution in [2.45, 2.75) is 38.6 Å². The fourth-order valence-electron chi connectivity index (χ4n) is 2.47. The van der Waals surface area contributed by atoms with E-state index in [-0.39, 0.29) is 18.6 Å². The van der Waals surface area contributed by atoms with Crippen LogP contribution in [0.25, 0.3) is 0 Å². The van der Waals surface area contributed by atoms with Crippen molar-refractivity contribution < 1.29 is 5.11 Å². The molecule has 0 spiro atoms. The van der Waals surface area contributed by atoms with Gasteiger partial charge in [0, 0.05) is 24.3 Å². The lowest BCUT2D eigenvalue weighted by molar-refractivity contribution is 0.178.